The largest absolute Gasteiger partial charge is 3.00 e. The van der Waals surface area contributed by atoms with Crippen molar-refractivity contribution in [3.8, 4) is 0 Å². The van der Waals surface area contributed by atoms with E-state index in [-0.39, 0.29) is 26.2 Å². The van der Waals surface area contributed by atoms with Crippen LogP contribution in [0.1, 0.15) is 0 Å². The van der Waals surface area contributed by atoms with E-state index in [1.807, 2.05) is 0 Å². The number of carbonyl (C=O) groups excluding carboxylic acids is 6. The van der Waals surface area contributed by atoms with E-state index in [9.17, 15) is 108 Å². The molecule has 0 fully saturated rings. The summed E-state index contributed by atoms with van der Waals surface area (Å²) in [7, 11) is 0. The Morgan fingerprint density at radius 2 is 0.350 bits per heavy atom. The molecular weight excluding hydrogens is 827 g/mol. The fraction of sp³-hybridized carbons (Fsp3) is 0.400. The first-order valence-corrected chi connectivity index (χ1v) is 7.86. The zero-order valence-corrected chi connectivity index (χ0v) is 20.9. The van der Waals surface area contributed by atoms with E-state index >= 15 is 0 Å². The predicted octanol–water partition coefficient (Wildman–Crippen LogP) is 3.98. The molecule has 0 amide bonds. The van der Waals surface area contributed by atoms with Crippen molar-refractivity contribution in [3.63, 3.8) is 0 Å². The number of hydrogen-bond donors (Lipinski definition) is 0. The first kappa shape index (κ1) is 44.3. The minimum atomic E-state index is -5.46. The second-order valence-electron chi connectivity index (χ2n) is 5.61. The molecule has 0 atom stereocenters. The number of ketones is 6. The van der Waals surface area contributed by atoms with Gasteiger partial charge in [0.25, 0.3) is 0 Å². The van der Waals surface area contributed by atoms with Crippen LogP contribution in [-0.4, -0.2) is 98.0 Å². The van der Waals surface area contributed by atoms with Crippen LogP contribution in [-0.2, 0) is 28.8 Å². The molecule has 230 valence electrons. The van der Waals surface area contributed by atoms with Crippen molar-refractivity contribution in [1.82, 2.24) is 0 Å². The molecule has 0 N–H and O–H groups in total. The Hall–Kier alpha value is -2.75. The molecule has 0 saturated carbocycles. The van der Waals surface area contributed by atoms with Gasteiger partial charge in [0.1, 0.15) is 34.7 Å². The summed E-state index contributed by atoms with van der Waals surface area (Å²) in [6.45, 7) is 0. The van der Waals surface area contributed by atoms with E-state index in [0.717, 1.165) is 0 Å². The summed E-state index contributed by atoms with van der Waals surface area (Å²) in [5.41, 5.74) is 0. The fourth-order valence-corrected chi connectivity index (χ4v) is 0.848. The Bertz CT molecular complexity index is 726. The maximum absolute atomic E-state index is 11.3. The van der Waals surface area contributed by atoms with Crippen LogP contribution < -0.4 is 0 Å². The van der Waals surface area contributed by atoms with E-state index in [0.29, 0.717) is 0 Å². The molecule has 25 heteroatoms. The molecule has 6 nitrogen and oxygen atoms in total. The maximum atomic E-state index is 11.3. The number of hydrogen-bond acceptors (Lipinski definition) is 6. The molecular formula is C15H3BiF18O6. The molecule has 0 aromatic heterocycles. The zero-order valence-electron chi connectivity index (χ0n) is 17.4. The smallest absolute Gasteiger partial charge is 0.324 e. The van der Waals surface area contributed by atoms with Crippen LogP contribution in [0.25, 0.3) is 0 Å². The second-order valence-corrected chi connectivity index (χ2v) is 5.61. The number of halogens is 18. The Balaban J connectivity index is -0.000000240. The van der Waals surface area contributed by atoms with Crippen LogP contribution in [0.15, 0.2) is 0 Å². The van der Waals surface area contributed by atoms with Gasteiger partial charge >= 0.3 is 63.3 Å². The summed E-state index contributed by atoms with van der Waals surface area (Å²) in [5, 5.41) is 0. The zero-order chi connectivity index (χ0) is 32.6. The number of alkyl halides is 18. The summed E-state index contributed by atoms with van der Waals surface area (Å²) in [6, 6.07) is 0. The van der Waals surface area contributed by atoms with Crippen molar-refractivity contribution in [2.45, 2.75) is 37.1 Å². The van der Waals surface area contributed by atoms with Gasteiger partial charge in [-0.25, -0.2) is 19.3 Å². The average molecular weight is 830 g/mol. The Labute approximate surface area is 225 Å². The molecule has 0 bridgehead atoms. The maximum Gasteiger partial charge on any atom is 3.00 e. The quantitative estimate of drug-likeness (QED) is 0.174. The van der Waals surface area contributed by atoms with E-state index in [4.69, 9.17) is 0 Å². The van der Waals surface area contributed by atoms with Crippen LogP contribution in [0, 0.1) is 19.3 Å². The summed E-state index contributed by atoms with van der Waals surface area (Å²) in [6.07, 6.45) is -35.8. The number of Topliss-reactive ketones (excluding diaryl/α,β-unsaturated/α-hetero) is 6. The molecule has 0 aliphatic rings. The van der Waals surface area contributed by atoms with Crippen molar-refractivity contribution >= 4 is 60.9 Å². The van der Waals surface area contributed by atoms with Gasteiger partial charge in [0.15, 0.2) is 0 Å². The predicted molar refractivity (Wildman–Crippen MR) is 85.0 cm³/mol. The summed E-state index contributed by atoms with van der Waals surface area (Å²) in [5.74, 6) is -16.9. The van der Waals surface area contributed by atoms with Gasteiger partial charge in [-0.15, -0.1) is 0 Å². The van der Waals surface area contributed by atoms with Crippen LogP contribution in [0.3, 0.4) is 0 Å². The molecule has 0 spiro atoms. The molecule has 0 rings (SSSR count). The van der Waals surface area contributed by atoms with Gasteiger partial charge in [0.05, 0.1) is 0 Å². The van der Waals surface area contributed by atoms with Gasteiger partial charge in [0, 0.05) is 0 Å². The minimum Gasteiger partial charge on any atom is -0.324 e. The van der Waals surface area contributed by atoms with Gasteiger partial charge in [-0.1, -0.05) is 0 Å². The molecule has 0 saturated heterocycles. The second kappa shape index (κ2) is 15.3. The molecule has 0 aromatic rings. The number of carbonyl (C=O) groups is 6. The fourth-order valence-electron chi connectivity index (χ4n) is 0.848. The summed E-state index contributed by atoms with van der Waals surface area (Å²) in [4.78, 5) is 58.9. The first-order chi connectivity index (χ1) is 16.6. The first-order valence-electron chi connectivity index (χ1n) is 7.86. The van der Waals surface area contributed by atoms with Gasteiger partial charge < -0.3 is 28.8 Å². The third-order valence-electron chi connectivity index (χ3n) is 2.46. The van der Waals surface area contributed by atoms with E-state index in [2.05, 4.69) is 0 Å². The van der Waals surface area contributed by atoms with Gasteiger partial charge in [-0.05, 0) is 0 Å². The third kappa shape index (κ3) is 20.2. The SMILES string of the molecule is O=C([CH-]C(=O)C(F)(F)F)C(F)(F)F.O=C([CH-]C(=O)C(F)(F)F)C(F)(F)F.O=C([CH-]C(=O)C(F)(F)F)C(F)(F)F.[Bi+3]. The van der Waals surface area contributed by atoms with Crippen molar-refractivity contribution in [2.24, 2.45) is 0 Å². The molecule has 2 radical (unpaired) electrons. The monoisotopic (exact) mass is 830 g/mol. The Kier molecular flexibility index (Phi) is 16.9. The standard InChI is InChI=1S/3C5HF6O2.Bi/c3*6-4(7,8)2(12)1-3(13)5(9,10)11;/h3*1H;/q3*-1;+3. The molecule has 0 aliphatic carbocycles. The molecule has 0 heterocycles. The molecule has 40 heavy (non-hydrogen) atoms. The van der Waals surface area contributed by atoms with Crippen molar-refractivity contribution in [1.29, 1.82) is 0 Å². The molecule has 0 unspecified atom stereocenters. The topological polar surface area (TPSA) is 102 Å². The van der Waals surface area contributed by atoms with Gasteiger partial charge in [0.2, 0.25) is 0 Å². The van der Waals surface area contributed by atoms with Crippen LogP contribution in [0.5, 0.6) is 0 Å². The van der Waals surface area contributed by atoms with Crippen molar-refractivity contribution in [3.05, 3.63) is 19.3 Å². The molecule has 0 aromatic carbocycles. The van der Waals surface area contributed by atoms with Crippen molar-refractivity contribution < 1.29 is 108 Å². The Morgan fingerprint density at radius 1 is 0.275 bits per heavy atom. The normalized spacial score (nSPS) is 12.2. The minimum absolute atomic E-state index is 0. The summed E-state index contributed by atoms with van der Waals surface area (Å²) >= 11 is 0. The molecule has 0 aliphatic heterocycles. The third-order valence-corrected chi connectivity index (χ3v) is 2.46. The van der Waals surface area contributed by atoms with Gasteiger partial charge in [-0.3, -0.25) is 0 Å². The van der Waals surface area contributed by atoms with Crippen LogP contribution in [0.2, 0.25) is 0 Å². The average Bonchev–Trinajstić information content (AvgIpc) is 2.64. The van der Waals surface area contributed by atoms with Crippen LogP contribution in [0.4, 0.5) is 79.0 Å². The Morgan fingerprint density at radius 3 is 0.400 bits per heavy atom. The van der Waals surface area contributed by atoms with E-state index in [1.54, 1.807) is 0 Å². The van der Waals surface area contributed by atoms with Gasteiger partial charge in [-0.2, -0.15) is 79.0 Å². The number of rotatable bonds is 6. The summed E-state index contributed by atoms with van der Waals surface area (Å²) < 4.78 is 203. The van der Waals surface area contributed by atoms with Crippen LogP contribution >= 0.6 is 0 Å². The van der Waals surface area contributed by atoms with E-state index < -0.39 is 91.0 Å². The van der Waals surface area contributed by atoms with Crippen molar-refractivity contribution in [2.75, 3.05) is 0 Å². The van der Waals surface area contributed by atoms with E-state index in [1.165, 1.54) is 0 Å².